The lowest BCUT2D eigenvalue weighted by Gasteiger charge is -2.39. The van der Waals surface area contributed by atoms with E-state index in [1.54, 1.807) is 0 Å². The Morgan fingerprint density at radius 2 is 2.00 bits per heavy atom. The predicted octanol–water partition coefficient (Wildman–Crippen LogP) is 3.81. The van der Waals surface area contributed by atoms with Crippen molar-refractivity contribution in [2.75, 3.05) is 11.4 Å². The molecule has 0 amide bonds. The SMILES string of the molecule is CC1CCCC2(CC1)CN=C(N)N2c1ccc(Cl)cc1. The van der Waals surface area contributed by atoms with Crippen LogP contribution in [0.3, 0.4) is 0 Å². The average Bonchev–Trinajstić information content (AvgIpc) is 2.63. The minimum Gasteiger partial charge on any atom is -0.369 e. The molecule has 0 radical (unpaired) electrons. The summed E-state index contributed by atoms with van der Waals surface area (Å²) in [6, 6.07) is 7.95. The Morgan fingerprint density at radius 3 is 2.75 bits per heavy atom. The number of guanidine groups is 1. The number of benzene rings is 1. The summed E-state index contributed by atoms with van der Waals surface area (Å²) in [4.78, 5) is 6.80. The highest BCUT2D eigenvalue weighted by Crippen LogP contribution is 2.40. The van der Waals surface area contributed by atoms with E-state index in [0.29, 0.717) is 5.96 Å². The van der Waals surface area contributed by atoms with E-state index in [4.69, 9.17) is 17.3 Å². The van der Waals surface area contributed by atoms with Crippen LogP contribution in [0, 0.1) is 5.92 Å². The Morgan fingerprint density at radius 1 is 1.25 bits per heavy atom. The number of nitrogens with zero attached hydrogens (tertiary/aromatic N) is 2. The molecule has 2 unspecified atom stereocenters. The Bertz CT molecular complexity index is 511. The van der Waals surface area contributed by atoms with Gasteiger partial charge in [0, 0.05) is 10.7 Å². The van der Waals surface area contributed by atoms with Crippen LogP contribution in [0.1, 0.15) is 39.0 Å². The van der Waals surface area contributed by atoms with Gasteiger partial charge in [-0.05, 0) is 49.4 Å². The van der Waals surface area contributed by atoms with Crippen molar-refractivity contribution >= 4 is 23.2 Å². The number of nitrogens with two attached hydrogens (primary N) is 1. The summed E-state index contributed by atoms with van der Waals surface area (Å²) < 4.78 is 0. The first-order valence-electron chi connectivity index (χ1n) is 7.46. The van der Waals surface area contributed by atoms with E-state index in [1.165, 1.54) is 32.1 Å². The van der Waals surface area contributed by atoms with E-state index in [-0.39, 0.29) is 5.54 Å². The summed E-state index contributed by atoms with van der Waals surface area (Å²) in [5.74, 6) is 1.46. The second-order valence-electron chi connectivity index (χ2n) is 6.25. The number of rotatable bonds is 1. The minimum absolute atomic E-state index is 0.0860. The number of halogens is 1. The lowest BCUT2D eigenvalue weighted by atomic mass is 9.88. The fraction of sp³-hybridized carbons (Fsp3) is 0.562. The van der Waals surface area contributed by atoms with E-state index in [0.717, 1.165) is 23.2 Å². The zero-order chi connectivity index (χ0) is 14.2. The molecule has 1 spiro atoms. The maximum atomic E-state index is 6.18. The van der Waals surface area contributed by atoms with Gasteiger partial charge < -0.3 is 10.6 Å². The van der Waals surface area contributed by atoms with Crippen LogP contribution in [0.2, 0.25) is 5.02 Å². The first kappa shape index (κ1) is 13.7. The molecular formula is C16H22ClN3. The van der Waals surface area contributed by atoms with Crippen LogP contribution in [0.25, 0.3) is 0 Å². The number of hydrogen-bond acceptors (Lipinski definition) is 3. The van der Waals surface area contributed by atoms with Crippen LogP contribution in [-0.4, -0.2) is 18.0 Å². The van der Waals surface area contributed by atoms with Crippen LogP contribution >= 0.6 is 11.6 Å². The molecule has 1 fully saturated rings. The standard InChI is InChI=1S/C16H22ClN3/c1-12-3-2-9-16(10-8-12)11-19-15(18)20(16)14-6-4-13(17)5-7-14/h4-7,12H,2-3,8-11H2,1H3,(H2,18,19). The molecule has 20 heavy (non-hydrogen) atoms. The maximum absolute atomic E-state index is 6.18. The number of hydrogen-bond donors (Lipinski definition) is 1. The number of anilines is 1. The van der Waals surface area contributed by atoms with Crippen molar-refractivity contribution in [3.8, 4) is 0 Å². The predicted molar refractivity (Wildman–Crippen MR) is 85.4 cm³/mol. The molecule has 108 valence electrons. The minimum atomic E-state index is 0.0860. The molecule has 3 rings (SSSR count). The molecule has 0 saturated heterocycles. The molecule has 4 heteroatoms. The Labute approximate surface area is 125 Å². The summed E-state index contributed by atoms with van der Waals surface area (Å²) >= 11 is 6.00. The van der Waals surface area contributed by atoms with Gasteiger partial charge in [-0.1, -0.05) is 31.4 Å². The highest BCUT2D eigenvalue weighted by molar-refractivity contribution is 6.30. The molecule has 1 saturated carbocycles. The Hall–Kier alpha value is -1.22. The quantitative estimate of drug-likeness (QED) is 0.855. The molecule has 1 aliphatic carbocycles. The lowest BCUT2D eigenvalue weighted by Crippen LogP contribution is -2.51. The van der Waals surface area contributed by atoms with Crippen molar-refractivity contribution in [1.82, 2.24) is 0 Å². The summed E-state index contributed by atoms with van der Waals surface area (Å²) in [5, 5.41) is 0.756. The smallest absolute Gasteiger partial charge is 0.196 e. The monoisotopic (exact) mass is 291 g/mol. The van der Waals surface area contributed by atoms with Crippen molar-refractivity contribution in [3.05, 3.63) is 29.3 Å². The van der Waals surface area contributed by atoms with Gasteiger partial charge >= 0.3 is 0 Å². The zero-order valence-corrected chi connectivity index (χ0v) is 12.7. The lowest BCUT2D eigenvalue weighted by molar-refractivity contribution is 0.392. The van der Waals surface area contributed by atoms with Crippen molar-refractivity contribution in [2.24, 2.45) is 16.6 Å². The third kappa shape index (κ3) is 2.39. The normalized spacial score (nSPS) is 30.4. The summed E-state index contributed by atoms with van der Waals surface area (Å²) in [7, 11) is 0. The first-order valence-corrected chi connectivity index (χ1v) is 7.84. The second kappa shape index (κ2) is 5.28. The largest absolute Gasteiger partial charge is 0.369 e. The van der Waals surface area contributed by atoms with E-state index < -0.39 is 0 Å². The highest BCUT2D eigenvalue weighted by atomic mass is 35.5. The maximum Gasteiger partial charge on any atom is 0.196 e. The van der Waals surface area contributed by atoms with Crippen molar-refractivity contribution in [3.63, 3.8) is 0 Å². The second-order valence-corrected chi connectivity index (χ2v) is 6.68. The van der Waals surface area contributed by atoms with Crippen molar-refractivity contribution in [2.45, 2.75) is 44.6 Å². The van der Waals surface area contributed by atoms with Gasteiger partial charge in [-0.25, -0.2) is 0 Å². The van der Waals surface area contributed by atoms with Gasteiger partial charge in [0.25, 0.3) is 0 Å². The van der Waals surface area contributed by atoms with Gasteiger partial charge in [-0.3, -0.25) is 4.99 Å². The van der Waals surface area contributed by atoms with Crippen LogP contribution in [0.5, 0.6) is 0 Å². The third-order valence-corrected chi connectivity index (χ3v) is 5.02. The molecule has 1 heterocycles. The molecule has 1 aromatic rings. The molecule has 2 atom stereocenters. The van der Waals surface area contributed by atoms with Crippen molar-refractivity contribution in [1.29, 1.82) is 0 Å². The van der Waals surface area contributed by atoms with Gasteiger partial charge in [-0.2, -0.15) is 0 Å². The summed E-state index contributed by atoms with van der Waals surface area (Å²) in [6.45, 7) is 3.18. The van der Waals surface area contributed by atoms with E-state index in [9.17, 15) is 0 Å². The van der Waals surface area contributed by atoms with Gasteiger partial charge in [0.15, 0.2) is 5.96 Å². The van der Waals surface area contributed by atoms with Crippen LogP contribution in [0.15, 0.2) is 29.3 Å². The summed E-state index contributed by atoms with van der Waals surface area (Å²) in [6.07, 6.45) is 6.17. The molecule has 0 aromatic heterocycles. The third-order valence-electron chi connectivity index (χ3n) is 4.77. The van der Waals surface area contributed by atoms with Crippen LogP contribution < -0.4 is 10.6 Å². The highest BCUT2D eigenvalue weighted by Gasteiger charge is 2.43. The fourth-order valence-electron chi connectivity index (χ4n) is 3.55. The van der Waals surface area contributed by atoms with Crippen molar-refractivity contribution < 1.29 is 0 Å². The molecule has 3 nitrogen and oxygen atoms in total. The van der Waals surface area contributed by atoms with E-state index in [2.05, 4.69) is 16.8 Å². The molecule has 0 bridgehead atoms. The first-order chi connectivity index (χ1) is 9.61. The van der Waals surface area contributed by atoms with E-state index in [1.807, 2.05) is 24.3 Å². The molecule has 1 aliphatic heterocycles. The Kier molecular flexibility index (Phi) is 3.63. The fourth-order valence-corrected chi connectivity index (χ4v) is 3.68. The number of aliphatic imine (C=N–C) groups is 1. The molecule has 2 aliphatic rings. The molecule has 1 aromatic carbocycles. The van der Waals surface area contributed by atoms with Gasteiger partial charge in [0.05, 0.1) is 12.1 Å². The van der Waals surface area contributed by atoms with Gasteiger partial charge in [0.2, 0.25) is 0 Å². The van der Waals surface area contributed by atoms with Gasteiger partial charge in [-0.15, -0.1) is 0 Å². The average molecular weight is 292 g/mol. The van der Waals surface area contributed by atoms with E-state index >= 15 is 0 Å². The Balaban J connectivity index is 1.93. The topological polar surface area (TPSA) is 41.6 Å². The van der Waals surface area contributed by atoms with Gasteiger partial charge in [0.1, 0.15) is 0 Å². The zero-order valence-electron chi connectivity index (χ0n) is 12.0. The summed E-state index contributed by atoms with van der Waals surface area (Å²) in [5.41, 5.74) is 7.38. The van der Waals surface area contributed by atoms with Crippen LogP contribution in [0.4, 0.5) is 5.69 Å². The molecular weight excluding hydrogens is 270 g/mol. The van der Waals surface area contributed by atoms with Crippen LogP contribution in [-0.2, 0) is 0 Å². The molecule has 2 N–H and O–H groups in total.